The van der Waals surface area contributed by atoms with E-state index in [1.54, 1.807) is 0 Å². The van der Waals surface area contributed by atoms with Gasteiger partial charge < -0.3 is 5.48 Å². The topological polar surface area (TPSA) is 65.6 Å². The van der Waals surface area contributed by atoms with Crippen LogP contribution in [0.1, 0.15) is 26.7 Å². The smallest absolute Gasteiger partial charge is 0.362 e. The highest BCUT2D eigenvalue weighted by atomic mass is 19.3. The van der Waals surface area contributed by atoms with E-state index in [9.17, 15) is 18.4 Å². The van der Waals surface area contributed by atoms with E-state index in [0.29, 0.717) is 0 Å². The Morgan fingerprint density at radius 3 is 2.08 bits per heavy atom. The third-order valence-electron chi connectivity index (χ3n) is 2.23. The average molecular weight is 194 g/mol. The third-order valence-corrected chi connectivity index (χ3v) is 2.23. The van der Waals surface area contributed by atoms with Crippen LogP contribution in [-0.4, -0.2) is 23.0 Å². The van der Waals surface area contributed by atoms with E-state index in [1.165, 1.54) is 13.8 Å². The predicted octanol–water partition coefficient (Wildman–Crippen LogP) is 0.755. The van der Waals surface area contributed by atoms with Gasteiger partial charge in [-0.2, -0.15) is 8.78 Å². The molecule has 0 aliphatic heterocycles. The summed E-state index contributed by atoms with van der Waals surface area (Å²) in [6.07, 6.45) is 0.0198. The van der Waals surface area contributed by atoms with Gasteiger partial charge in [-0.1, -0.05) is 13.8 Å². The molecule has 3 nitrogen and oxygen atoms in total. The van der Waals surface area contributed by atoms with Gasteiger partial charge in [0, 0.05) is 11.8 Å². The number of carbonyl (C=O) groups is 2. The molecule has 0 saturated heterocycles. The summed E-state index contributed by atoms with van der Waals surface area (Å²) < 4.78 is 25.6. The maximum Gasteiger partial charge on any atom is 0.362 e. The second kappa shape index (κ2) is 3.14. The number of halogens is 2. The number of Topliss-reactive ketones (excluding diaryl/α,β-unsaturated/α-hetero) is 2. The van der Waals surface area contributed by atoms with Crippen molar-refractivity contribution in [2.24, 2.45) is 5.41 Å². The first-order valence-electron chi connectivity index (χ1n) is 3.74. The van der Waals surface area contributed by atoms with Crippen molar-refractivity contribution in [1.82, 2.24) is 0 Å². The number of carbonyl (C=O) groups excluding carboxylic acids is 2. The maximum absolute atomic E-state index is 12.8. The predicted molar refractivity (Wildman–Crippen MR) is 41.6 cm³/mol. The van der Waals surface area contributed by atoms with Gasteiger partial charge in [0.15, 0.2) is 0 Å². The number of alkyl halides is 2. The van der Waals surface area contributed by atoms with Crippen LogP contribution in [0.15, 0.2) is 0 Å². The van der Waals surface area contributed by atoms with Crippen LogP contribution in [0.3, 0.4) is 0 Å². The Balaban J connectivity index is 0.00000144. The van der Waals surface area contributed by atoms with Gasteiger partial charge in [0.25, 0.3) is 0 Å². The summed E-state index contributed by atoms with van der Waals surface area (Å²) in [5.74, 6) is -6.24. The van der Waals surface area contributed by atoms with Gasteiger partial charge >= 0.3 is 5.92 Å². The molecule has 0 unspecified atom stereocenters. The lowest BCUT2D eigenvalue weighted by Gasteiger charge is -2.31. The summed E-state index contributed by atoms with van der Waals surface area (Å²) in [7, 11) is 0. The fourth-order valence-electron chi connectivity index (χ4n) is 1.25. The van der Waals surface area contributed by atoms with Crippen molar-refractivity contribution in [1.29, 1.82) is 0 Å². The molecule has 0 spiro atoms. The van der Waals surface area contributed by atoms with E-state index in [-0.39, 0.29) is 18.3 Å². The molecule has 1 aliphatic carbocycles. The summed E-state index contributed by atoms with van der Waals surface area (Å²) in [6.45, 7) is 2.88. The molecule has 0 aromatic carbocycles. The molecule has 0 aromatic rings. The second-order valence-corrected chi connectivity index (χ2v) is 3.71. The monoisotopic (exact) mass is 194 g/mol. The quantitative estimate of drug-likeness (QED) is 0.534. The largest absolute Gasteiger partial charge is 0.412 e. The van der Waals surface area contributed by atoms with Crippen LogP contribution in [0.4, 0.5) is 8.78 Å². The maximum atomic E-state index is 12.8. The minimum atomic E-state index is -3.75. The highest BCUT2D eigenvalue weighted by Gasteiger charge is 2.55. The highest BCUT2D eigenvalue weighted by Crippen LogP contribution is 2.38. The number of hydrogen-bond donors (Lipinski definition) is 0. The lowest BCUT2D eigenvalue weighted by molar-refractivity contribution is -0.168. The Bertz CT molecular complexity index is 246. The molecule has 0 bridgehead atoms. The number of rotatable bonds is 0. The first-order valence-corrected chi connectivity index (χ1v) is 3.74. The summed E-state index contributed by atoms with van der Waals surface area (Å²) in [5, 5.41) is 0. The molecule has 1 aliphatic rings. The van der Waals surface area contributed by atoms with Crippen LogP contribution < -0.4 is 0 Å². The molecule has 0 radical (unpaired) electrons. The minimum Gasteiger partial charge on any atom is -0.412 e. The number of ketones is 2. The van der Waals surface area contributed by atoms with Gasteiger partial charge in [-0.15, -0.1) is 0 Å². The molecule has 2 N–H and O–H groups in total. The first-order chi connectivity index (χ1) is 5.28. The molecule has 0 aromatic heterocycles. The molecule has 1 fully saturated rings. The SMILES string of the molecule is CC1(C)CCC(=O)C(F)(F)C1=O.O. The Kier molecular flexibility index (Phi) is 2.94. The molecule has 5 heteroatoms. The van der Waals surface area contributed by atoms with E-state index < -0.39 is 22.9 Å². The van der Waals surface area contributed by atoms with Crippen LogP contribution in [0.5, 0.6) is 0 Å². The summed E-state index contributed by atoms with van der Waals surface area (Å²) in [5.41, 5.74) is -1.06. The van der Waals surface area contributed by atoms with Gasteiger partial charge in [-0.25, -0.2) is 0 Å². The van der Waals surface area contributed by atoms with Crippen molar-refractivity contribution < 1.29 is 23.8 Å². The fraction of sp³-hybridized carbons (Fsp3) is 0.750. The molecule has 13 heavy (non-hydrogen) atoms. The van der Waals surface area contributed by atoms with Crippen molar-refractivity contribution in [3.8, 4) is 0 Å². The molecular weight excluding hydrogens is 182 g/mol. The summed E-state index contributed by atoms with van der Waals surface area (Å²) >= 11 is 0. The zero-order chi connectivity index (χ0) is 9.57. The van der Waals surface area contributed by atoms with E-state index in [2.05, 4.69) is 0 Å². The fourth-order valence-corrected chi connectivity index (χ4v) is 1.25. The van der Waals surface area contributed by atoms with Crippen LogP contribution in [-0.2, 0) is 9.59 Å². The van der Waals surface area contributed by atoms with Gasteiger partial charge in [0.05, 0.1) is 0 Å². The normalized spacial score (nSPS) is 25.2. The summed E-state index contributed by atoms with van der Waals surface area (Å²) in [4.78, 5) is 21.7. The zero-order valence-corrected chi connectivity index (χ0v) is 7.49. The molecule has 1 rings (SSSR count). The van der Waals surface area contributed by atoms with Gasteiger partial charge in [-0.3, -0.25) is 9.59 Å². The van der Waals surface area contributed by atoms with Gasteiger partial charge in [0.2, 0.25) is 11.6 Å². The molecule has 0 heterocycles. The highest BCUT2D eigenvalue weighted by molar-refractivity contribution is 6.12. The standard InChI is InChI=1S/C8H10F2O2.H2O/c1-7(2)4-3-5(11)8(9,10)6(7)12;/h3-4H2,1-2H3;1H2. The molecule has 0 atom stereocenters. The Labute approximate surface area is 74.4 Å². The minimum absolute atomic E-state index is 0. The van der Waals surface area contributed by atoms with Crippen molar-refractivity contribution in [3.63, 3.8) is 0 Å². The molecule has 0 amide bonds. The third kappa shape index (κ3) is 1.75. The molecular formula is C8H12F2O3. The van der Waals surface area contributed by atoms with Crippen molar-refractivity contribution in [3.05, 3.63) is 0 Å². The Morgan fingerprint density at radius 1 is 1.23 bits per heavy atom. The molecule has 76 valence electrons. The van der Waals surface area contributed by atoms with E-state index in [1.807, 2.05) is 0 Å². The Hall–Kier alpha value is -0.840. The summed E-state index contributed by atoms with van der Waals surface area (Å²) in [6, 6.07) is 0. The van der Waals surface area contributed by atoms with Gasteiger partial charge in [0.1, 0.15) is 0 Å². The second-order valence-electron chi connectivity index (χ2n) is 3.71. The van der Waals surface area contributed by atoms with Crippen molar-refractivity contribution in [2.75, 3.05) is 0 Å². The van der Waals surface area contributed by atoms with E-state index in [4.69, 9.17) is 0 Å². The van der Waals surface area contributed by atoms with Crippen molar-refractivity contribution in [2.45, 2.75) is 32.6 Å². The van der Waals surface area contributed by atoms with Crippen LogP contribution in [0.25, 0.3) is 0 Å². The Morgan fingerprint density at radius 2 is 1.69 bits per heavy atom. The lowest BCUT2D eigenvalue weighted by atomic mass is 9.74. The van der Waals surface area contributed by atoms with Crippen LogP contribution in [0.2, 0.25) is 0 Å². The van der Waals surface area contributed by atoms with Gasteiger partial charge in [-0.05, 0) is 6.42 Å². The average Bonchev–Trinajstić information content (AvgIpc) is 1.96. The van der Waals surface area contributed by atoms with Crippen LogP contribution in [0, 0.1) is 5.41 Å². The van der Waals surface area contributed by atoms with E-state index in [0.717, 1.165) is 0 Å². The van der Waals surface area contributed by atoms with Crippen LogP contribution >= 0.6 is 0 Å². The zero-order valence-electron chi connectivity index (χ0n) is 7.49. The van der Waals surface area contributed by atoms with Crippen molar-refractivity contribution >= 4 is 11.6 Å². The lowest BCUT2D eigenvalue weighted by Crippen LogP contribution is -2.50. The first kappa shape index (κ1) is 12.2. The number of hydrogen-bond acceptors (Lipinski definition) is 2. The molecule has 1 saturated carbocycles. The van der Waals surface area contributed by atoms with E-state index >= 15 is 0 Å².